The number of benzene rings is 4. The number of phenolic OH excluding ortho intramolecular Hbond substituents is 1. The van der Waals surface area contributed by atoms with Crippen molar-refractivity contribution in [1.29, 1.82) is 5.26 Å². The van der Waals surface area contributed by atoms with E-state index in [0.717, 1.165) is 41.7 Å². The molecule has 4 aromatic carbocycles. The average Bonchev–Trinajstić information content (AvgIpc) is 3.51. The minimum absolute atomic E-state index is 0.0138. The van der Waals surface area contributed by atoms with E-state index < -0.39 is 17.1 Å². The van der Waals surface area contributed by atoms with Crippen LogP contribution in [0.4, 0.5) is 10.7 Å². The van der Waals surface area contributed by atoms with E-state index >= 15 is 0 Å². The second-order valence-corrected chi connectivity index (χ2v) is 14.0. The summed E-state index contributed by atoms with van der Waals surface area (Å²) in [6, 6.07) is 31.8. The van der Waals surface area contributed by atoms with Crippen molar-refractivity contribution in [2.45, 2.75) is 35.8 Å². The molecule has 0 spiro atoms. The van der Waals surface area contributed by atoms with Crippen LogP contribution in [0.3, 0.4) is 0 Å². The summed E-state index contributed by atoms with van der Waals surface area (Å²) < 4.78 is 5.39. The summed E-state index contributed by atoms with van der Waals surface area (Å²) in [5, 5.41) is 28.5. The highest BCUT2D eigenvalue weighted by molar-refractivity contribution is 8.00. The number of phenols is 1. The highest BCUT2D eigenvalue weighted by atomic mass is 32.2. The minimum Gasteiger partial charge on any atom is -0.508 e. The van der Waals surface area contributed by atoms with Crippen LogP contribution in [0.15, 0.2) is 114 Å². The summed E-state index contributed by atoms with van der Waals surface area (Å²) in [6.07, 6.45) is 5.33. The number of nitrogens with zero attached hydrogens (tertiary/aromatic N) is 1. The number of amides is 3. The second kappa shape index (κ2) is 16.3. The third-order valence-corrected chi connectivity index (χ3v) is 10.7. The van der Waals surface area contributed by atoms with Crippen LogP contribution < -0.4 is 20.7 Å². The number of fused-ring (bicyclic) bond motifs is 1. The smallest absolute Gasteiger partial charge is 0.272 e. The Bertz CT molecular complexity index is 2140. The van der Waals surface area contributed by atoms with Crippen molar-refractivity contribution in [2.75, 3.05) is 17.7 Å². The Morgan fingerprint density at radius 3 is 2.41 bits per heavy atom. The molecule has 1 aliphatic rings. The molecule has 0 fully saturated rings. The molecule has 1 heterocycles. The second-order valence-electron chi connectivity index (χ2n) is 11.7. The van der Waals surface area contributed by atoms with E-state index in [4.69, 9.17) is 4.74 Å². The van der Waals surface area contributed by atoms with Crippen molar-refractivity contribution >= 4 is 57.6 Å². The van der Waals surface area contributed by atoms with Crippen molar-refractivity contribution in [1.82, 2.24) is 5.32 Å². The molecule has 9 nitrogen and oxygen atoms in total. The predicted molar refractivity (Wildman–Crippen MR) is 201 cm³/mol. The molecule has 1 atom stereocenters. The van der Waals surface area contributed by atoms with Crippen LogP contribution in [-0.2, 0) is 22.4 Å². The third kappa shape index (κ3) is 8.49. The molecule has 256 valence electrons. The molecule has 4 N–H and O–H groups in total. The summed E-state index contributed by atoms with van der Waals surface area (Å²) in [7, 11) is 1.44. The SMILES string of the molecule is COc1cc(O)ccc1/C=C(/NC(=O)c1ccccc1)C(=O)Nc1cccc(SC(C(=O)Nc2sc3c(c2C#N)CCCC3)c2ccccc2)c1. The largest absolute Gasteiger partial charge is 0.508 e. The number of ether oxygens (including phenoxy) is 1. The molecule has 5 aromatic rings. The number of carbonyl (C=O) groups excluding carboxylic acids is 3. The maximum atomic E-state index is 13.9. The van der Waals surface area contributed by atoms with E-state index in [9.17, 15) is 24.8 Å². The van der Waals surface area contributed by atoms with Crippen LogP contribution in [0.1, 0.15) is 55.6 Å². The van der Waals surface area contributed by atoms with Gasteiger partial charge in [0.1, 0.15) is 33.5 Å². The van der Waals surface area contributed by atoms with Crippen molar-refractivity contribution in [2.24, 2.45) is 0 Å². The number of thiophene rings is 1. The van der Waals surface area contributed by atoms with Gasteiger partial charge in [0.05, 0.1) is 12.7 Å². The van der Waals surface area contributed by atoms with E-state index in [1.54, 1.807) is 54.6 Å². The number of aromatic hydroxyl groups is 1. The Hall–Kier alpha value is -5.83. The zero-order chi connectivity index (χ0) is 35.7. The number of hydrogen-bond donors (Lipinski definition) is 4. The molecule has 11 heteroatoms. The minimum atomic E-state index is -0.662. The van der Waals surface area contributed by atoms with Gasteiger partial charge in [0.2, 0.25) is 5.91 Å². The zero-order valence-electron chi connectivity index (χ0n) is 27.6. The first-order valence-corrected chi connectivity index (χ1v) is 18.0. The van der Waals surface area contributed by atoms with Crippen LogP contribution in [0.5, 0.6) is 11.5 Å². The van der Waals surface area contributed by atoms with Gasteiger partial charge in [0, 0.05) is 32.7 Å². The number of nitriles is 1. The van der Waals surface area contributed by atoms with E-state index in [1.165, 1.54) is 48.4 Å². The van der Waals surface area contributed by atoms with Gasteiger partial charge in [0.15, 0.2) is 0 Å². The summed E-state index contributed by atoms with van der Waals surface area (Å²) in [4.78, 5) is 42.7. The number of rotatable bonds is 11. The monoisotopic (exact) mass is 714 g/mol. The predicted octanol–water partition coefficient (Wildman–Crippen LogP) is 8.09. The molecule has 6 rings (SSSR count). The van der Waals surface area contributed by atoms with Crippen molar-refractivity contribution in [3.8, 4) is 17.6 Å². The molecule has 1 unspecified atom stereocenters. The number of methoxy groups -OCH3 is 1. The number of nitrogens with one attached hydrogen (secondary N) is 3. The first-order chi connectivity index (χ1) is 24.8. The molecule has 0 saturated heterocycles. The fourth-order valence-corrected chi connectivity index (χ4v) is 8.08. The summed E-state index contributed by atoms with van der Waals surface area (Å²) >= 11 is 2.80. The lowest BCUT2D eigenvalue weighted by atomic mass is 9.96. The zero-order valence-corrected chi connectivity index (χ0v) is 29.3. The molecule has 0 aliphatic heterocycles. The molecular formula is C40H34N4O5S2. The van der Waals surface area contributed by atoms with Crippen LogP contribution >= 0.6 is 23.1 Å². The number of hydrogen-bond acceptors (Lipinski definition) is 8. The van der Waals surface area contributed by atoms with Gasteiger partial charge in [0.25, 0.3) is 11.8 Å². The van der Waals surface area contributed by atoms with Crippen molar-refractivity contribution < 1.29 is 24.2 Å². The van der Waals surface area contributed by atoms with Gasteiger partial charge in [-0.15, -0.1) is 23.1 Å². The normalized spacial score (nSPS) is 12.9. The number of aryl methyl sites for hydroxylation is 1. The third-order valence-electron chi connectivity index (χ3n) is 8.25. The average molecular weight is 715 g/mol. The number of carbonyl (C=O) groups is 3. The van der Waals surface area contributed by atoms with Crippen LogP contribution in [0, 0.1) is 11.3 Å². The molecule has 1 aliphatic carbocycles. The molecule has 0 bridgehead atoms. The lowest BCUT2D eigenvalue weighted by Crippen LogP contribution is -2.30. The van der Waals surface area contributed by atoms with Gasteiger partial charge >= 0.3 is 0 Å². The maximum absolute atomic E-state index is 13.9. The van der Waals surface area contributed by atoms with Crippen LogP contribution in [0.25, 0.3) is 6.08 Å². The van der Waals surface area contributed by atoms with E-state index in [-0.39, 0.29) is 17.4 Å². The fraction of sp³-hybridized carbons (Fsp3) is 0.150. The molecule has 0 saturated carbocycles. The van der Waals surface area contributed by atoms with E-state index in [0.29, 0.717) is 38.0 Å². The summed E-state index contributed by atoms with van der Waals surface area (Å²) in [5.41, 5.74) is 3.59. The van der Waals surface area contributed by atoms with Crippen molar-refractivity contribution in [3.05, 3.63) is 142 Å². The Morgan fingerprint density at radius 1 is 0.922 bits per heavy atom. The summed E-state index contributed by atoms with van der Waals surface area (Å²) in [6.45, 7) is 0. The Labute approximate surface area is 304 Å². The van der Waals surface area contributed by atoms with Gasteiger partial charge in [-0.2, -0.15) is 5.26 Å². The van der Waals surface area contributed by atoms with E-state index in [1.807, 2.05) is 36.4 Å². The Morgan fingerprint density at radius 2 is 1.67 bits per heavy atom. The first kappa shape index (κ1) is 35.0. The Kier molecular flexibility index (Phi) is 11.2. The highest BCUT2D eigenvalue weighted by Gasteiger charge is 2.27. The molecule has 51 heavy (non-hydrogen) atoms. The lowest BCUT2D eigenvalue weighted by Gasteiger charge is -2.18. The van der Waals surface area contributed by atoms with Gasteiger partial charge in [-0.3, -0.25) is 14.4 Å². The summed E-state index contributed by atoms with van der Waals surface area (Å²) in [5.74, 6) is -1.04. The van der Waals surface area contributed by atoms with E-state index in [2.05, 4.69) is 22.0 Å². The standard InChI is InChI=1S/C40H34N4O5S2/c1-49-34-23-29(45)20-19-27(34)21-33(43-37(46)26-13-6-3-7-14-26)38(47)42-28-15-10-16-30(22-28)50-36(25-11-4-2-5-12-25)39(48)44-40-32(24-41)31-17-8-9-18-35(31)51-40/h2-7,10-16,19-23,36,45H,8-9,17-18H2,1H3,(H,42,47)(H,43,46)(H,44,48)/b33-21+. The first-order valence-electron chi connectivity index (χ1n) is 16.3. The van der Waals surface area contributed by atoms with Gasteiger partial charge in [-0.05, 0) is 85.4 Å². The molecule has 0 radical (unpaired) electrons. The molecule has 3 amide bonds. The van der Waals surface area contributed by atoms with Crippen LogP contribution in [0.2, 0.25) is 0 Å². The highest BCUT2D eigenvalue weighted by Crippen LogP contribution is 2.41. The quantitative estimate of drug-likeness (QED) is 0.0801. The van der Waals surface area contributed by atoms with Crippen LogP contribution in [-0.4, -0.2) is 29.9 Å². The molecule has 1 aromatic heterocycles. The molecular weight excluding hydrogens is 681 g/mol. The number of thioether (sulfide) groups is 1. The topological polar surface area (TPSA) is 141 Å². The van der Waals surface area contributed by atoms with Gasteiger partial charge < -0.3 is 25.8 Å². The Balaban J connectivity index is 1.25. The maximum Gasteiger partial charge on any atom is 0.272 e. The number of anilines is 2. The van der Waals surface area contributed by atoms with Gasteiger partial charge in [-0.25, -0.2) is 0 Å². The lowest BCUT2D eigenvalue weighted by molar-refractivity contribution is -0.116. The van der Waals surface area contributed by atoms with Crippen molar-refractivity contribution in [3.63, 3.8) is 0 Å². The van der Waals surface area contributed by atoms with Gasteiger partial charge in [-0.1, -0.05) is 54.6 Å². The fourth-order valence-electron chi connectivity index (χ4n) is 5.75.